The topological polar surface area (TPSA) is 327 Å². The number of aryl methyl sites for hydroxylation is 6. The molecule has 8 aromatic rings. The Balaban J connectivity index is 0.000000346. The van der Waals surface area contributed by atoms with Crippen molar-refractivity contribution >= 4 is 117 Å². The van der Waals surface area contributed by atoms with Crippen LogP contribution in [0.25, 0.3) is 0 Å². The van der Waals surface area contributed by atoms with E-state index in [9.17, 15) is 0 Å². The summed E-state index contributed by atoms with van der Waals surface area (Å²) < 4.78 is 0.951. The summed E-state index contributed by atoms with van der Waals surface area (Å²) >= 11 is 14.4. The van der Waals surface area contributed by atoms with Crippen LogP contribution in [0.3, 0.4) is 0 Å². The minimum absolute atomic E-state index is 0.135. The van der Waals surface area contributed by atoms with E-state index in [-0.39, 0.29) is 31.5 Å². The number of nitrogens with zero attached hydrogens (tertiary/aromatic N) is 9. The molecule has 0 aliphatic heterocycles. The van der Waals surface area contributed by atoms with Crippen LogP contribution in [0.4, 0.5) is 45.2 Å². The fraction of sp³-hybridized carbons (Fsp3) is 0.339. The second-order valence-electron chi connectivity index (χ2n) is 18.3. The van der Waals surface area contributed by atoms with E-state index in [2.05, 4.69) is 151 Å². The third-order valence-electron chi connectivity index (χ3n) is 10.1. The molecule has 0 aliphatic carbocycles. The van der Waals surface area contributed by atoms with Crippen molar-refractivity contribution in [2.75, 3.05) is 80.2 Å². The highest BCUT2D eigenvalue weighted by Crippen LogP contribution is 2.22. The molecule has 0 saturated carbocycles. The van der Waals surface area contributed by atoms with Crippen molar-refractivity contribution in [2.45, 2.75) is 83.9 Å². The van der Waals surface area contributed by atoms with E-state index in [1.807, 2.05) is 81.1 Å². The lowest BCUT2D eigenvalue weighted by Crippen LogP contribution is -2.19. The lowest BCUT2D eigenvalue weighted by Gasteiger charge is -2.09. The maximum atomic E-state index is 8.74. The van der Waals surface area contributed by atoms with Crippen molar-refractivity contribution in [3.8, 4) is 11.8 Å². The molecule has 0 unspecified atom stereocenters. The minimum atomic E-state index is -0.135. The Morgan fingerprint density at radius 3 is 1.26 bits per heavy atom. The van der Waals surface area contributed by atoms with Crippen molar-refractivity contribution in [3.05, 3.63) is 164 Å². The number of aliphatic hydroxyl groups is 4. The number of thiazole rings is 2. The fourth-order valence-corrected chi connectivity index (χ4v) is 7.83. The monoisotopic (exact) mass is 1330 g/mol. The smallest absolute Gasteiger partial charge is 0.188 e. The summed E-state index contributed by atoms with van der Waals surface area (Å²) in [5.41, 5.74) is 26.7. The predicted octanol–water partition coefficient (Wildman–Crippen LogP) is 10.1. The van der Waals surface area contributed by atoms with Crippen LogP contribution in [-0.2, 0) is 25.7 Å². The Kier molecular flexibility index (Phi) is 39.0. The molecule has 8 aromatic heterocycles. The summed E-state index contributed by atoms with van der Waals surface area (Å²) in [6.07, 6.45) is 21.3. The third-order valence-corrected chi connectivity index (χ3v) is 12.3. The van der Waals surface area contributed by atoms with Crippen molar-refractivity contribution in [2.24, 2.45) is 5.73 Å². The molecular formula is C59H80Br2N16O4S3. The Hall–Kier alpha value is -6.83. The number of thiocarbonyl (C=S) groups is 1. The number of hydrogen-bond donors (Lipinski definition) is 11. The molecule has 15 N–H and O–H groups in total. The average molecular weight is 1330 g/mol. The zero-order chi connectivity index (χ0) is 61.9. The van der Waals surface area contributed by atoms with Gasteiger partial charge in [-0.25, -0.2) is 39.9 Å². The van der Waals surface area contributed by atoms with E-state index < -0.39 is 0 Å². The second kappa shape index (κ2) is 44.7. The molecule has 84 heavy (non-hydrogen) atoms. The summed E-state index contributed by atoms with van der Waals surface area (Å²) in [4.78, 5) is 38.1. The van der Waals surface area contributed by atoms with Crippen molar-refractivity contribution < 1.29 is 20.4 Å². The van der Waals surface area contributed by atoms with Gasteiger partial charge in [-0.2, -0.15) is 0 Å². The molecule has 0 saturated heterocycles. The lowest BCUT2D eigenvalue weighted by atomic mass is 10.1. The zero-order valence-corrected chi connectivity index (χ0v) is 54.0. The first kappa shape index (κ1) is 73.3. The number of aliphatic hydroxyl groups excluding tert-OH is 4. The van der Waals surface area contributed by atoms with E-state index in [0.29, 0.717) is 28.1 Å². The molecule has 0 amide bonds. The van der Waals surface area contributed by atoms with Gasteiger partial charge in [-0.05, 0) is 185 Å². The average Bonchev–Trinajstić information content (AvgIpc) is 4.23. The van der Waals surface area contributed by atoms with E-state index in [0.717, 1.165) is 107 Å². The molecule has 20 nitrogen and oxygen atoms in total. The molecule has 0 spiro atoms. The van der Waals surface area contributed by atoms with Gasteiger partial charge in [0.1, 0.15) is 41.5 Å². The number of halogens is 2. The molecular weight excluding hydrogens is 1250 g/mol. The number of anilines is 8. The number of pyridine rings is 6. The largest absolute Gasteiger partial charge is 0.396 e. The van der Waals surface area contributed by atoms with Gasteiger partial charge in [0.15, 0.2) is 15.4 Å². The van der Waals surface area contributed by atoms with Gasteiger partial charge in [-0.3, -0.25) is 0 Å². The van der Waals surface area contributed by atoms with E-state index >= 15 is 0 Å². The molecule has 8 heterocycles. The number of nitrogen functional groups attached to an aromatic ring is 3. The third kappa shape index (κ3) is 37.4. The minimum Gasteiger partial charge on any atom is -0.396 e. The number of nitrogens with two attached hydrogens (primary N) is 4. The summed E-state index contributed by atoms with van der Waals surface area (Å²) in [5, 5.41) is 45.3. The highest BCUT2D eigenvalue weighted by atomic mass is 79.9. The Bertz CT molecular complexity index is 3000. The van der Waals surface area contributed by atoms with Gasteiger partial charge in [0, 0.05) is 94.0 Å². The maximum absolute atomic E-state index is 8.74. The van der Waals surface area contributed by atoms with E-state index in [1.54, 1.807) is 71.7 Å². The molecule has 0 atom stereocenters. The van der Waals surface area contributed by atoms with Gasteiger partial charge in [-0.15, -0.1) is 22.7 Å². The summed E-state index contributed by atoms with van der Waals surface area (Å²) in [7, 11) is 4.20. The zero-order valence-electron chi connectivity index (χ0n) is 48.4. The van der Waals surface area contributed by atoms with Gasteiger partial charge in [0.05, 0.1) is 0 Å². The van der Waals surface area contributed by atoms with Gasteiger partial charge in [0.2, 0.25) is 0 Å². The molecule has 0 fully saturated rings. The van der Waals surface area contributed by atoms with Crippen molar-refractivity contribution in [1.29, 1.82) is 0 Å². The Morgan fingerprint density at radius 1 is 0.560 bits per heavy atom. The number of aromatic nitrogens is 8. The number of alkyl halides is 1. The van der Waals surface area contributed by atoms with E-state index in [4.69, 9.17) is 43.4 Å². The lowest BCUT2D eigenvalue weighted by molar-refractivity contribution is 0.288. The molecule has 0 aliphatic rings. The molecule has 0 radical (unpaired) electrons. The van der Waals surface area contributed by atoms with Gasteiger partial charge in [0.25, 0.3) is 0 Å². The summed E-state index contributed by atoms with van der Waals surface area (Å²) in [6, 6.07) is 22.6. The van der Waals surface area contributed by atoms with Crippen molar-refractivity contribution in [1.82, 2.24) is 44.8 Å². The quantitative estimate of drug-likeness (QED) is 0.0216. The maximum Gasteiger partial charge on any atom is 0.188 e. The Morgan fingerprint density at radius 2 is 0.952 bits per heavy atom. The first-order chi connectivity index (χ1) is 40.3. The molecule has 25 heteroatoms. The summed E-state index contributed by atoms with van der Waals surface area (Å²) in [6.45, 7) is 9.86. The SMILES string of the molecule is CC(C)Br.Cc1cnc(Nc2ccc(CCCN(C)C)cn2)s1.Cc1cnc(Nc2ccc(CCCO)cn2)s1.NC(=S)Nc1ccc(CCCO)cn1.Nc1ccc(Br)cn1.Nc1ccc(C#CCO)cn1.Nc1ccc(CCCO)cn1. The number of hydrogen-bond acceptors (Lipinski definition) is 21. The molecule has 0 bridgehead atoms. The Labute approximate surface area is 524 Å². The van der Waals surface area contributed by atoms with Crippen molar-refractivity contribution in [3.63, 3.8) is 0 Å². The molecule has 0 aromatic carbocycles. The van der Waals surface area contributed by atoms with Gasteiger partial charge in [-0.1, -0.05) is 65.9 Å². The first-order valence-corrected chi connectivity index (χ1v) is 30.4. The summed E-state index contributed by atoms with van der Waals surface area (Å²) in [5.74, 6) is 9.07. The van der Waals surface area contributed by atoms with E-state index in [1.165, 1.54) is 15.3 Å². The molecule has 8 rings (SSSR count). The highest BCUT2D eigenvalue weighted by molar-refractivity contribution is 9.10. The number of rotatable bonds is 18. The van der Waals surface area contributed by atoms with Crippen LogP contribution in [-0.4, -0.2) is 122 Å². The van der Waals surface area contributed by atoms with Crippen LogP contribution in [0.2, 0.25) is 0 Å². The van der Waals surface area contributed by atoms with Crippen LogP contribution >= 0.6 is 66.8 Å². The normalized spacial score (nSPS) is 9.93. The molecule has 452 valence electrons. The second-order valence-corrected chi connectivity index (χ2v) is 23.9. The van der Waals surface area contributed by atoms with Crippen LogP contribution in [0.5, 0.6) is 0 Å². The predicted molar refractivity (Wildman–Crippen MR) is 358 cm³/mol. The van der Waals surface area contributed by atoms with Crippen LogP contribution in [0, 0.1) is 25.7 Å². The standard InChI is InChI=1S/C14H20N4S.C12H15N3OS.C9H13N3OS.C8H12N2O.C8H8N2O.C5H5BrN2.C3H7Br/c1-11-9-16-14(19-11)17-13-7-6-12(10-15-13)5-4-8-18(2)3;1-9-7-14-12(17-9)15-11-5-4-10(8-13-11)3-2-6-16;10-9(14)12-8-4-3-7(6-11-8)2-1-5-13;2*9-8-4-3-7(6-10-8)2-1-5-11;6-4-1-2-5(7)8-3-4;1-3(2)4/h6-7,9-10H,4-5,8H2,1-3H3,(H,15,16,17);4-5,7-8,16H,2-3,6H2,1H3,(H,13,14,15);3-4,6,13H,1-2,5H2,(H3,10,11,12,14);3-4,6,11H,1-2,5H2,(H2,9,10);3-4,6,11H,5H2,(H2,9,10);1-3H,(H2,7,8);3H,1-2H3. The van der Waals surface area contributed by atoms with Gasteiger partial charge < -0.3 is 64.2 Å². The van der Waals surface area contributed by atoms with Crippen LogP contribution in [0.1, 0.15) is 77.1 Å². The van der Waals surface area contributed by atoms with Gasteiger partial charge >= 0.3 is 0 Å². The van der Waals surface area contributed by atoms with Crippen LogP contribution in [0.15, 0.2) is 127 Å². The fourth-order valence-electron chi connectivity index (χ4n) is 6.15. The first-order valence-electron chi connectivity index (χ1n) is 26.6. The van der Waals surface area contributed by atoms with Crippen LogP contribution < -0.4 is 38.9 Å². The highest BCUT2D eigenvalue weighted by Gasteiger charge is 2.03. The number of nitrogens with one attached hydrogen (secondary N) is 3.